The van der Waals surface area contributed by atoms with E-state index in [2.05, 4.69) is 15.9 Å². The molecule has 74 valence electrons. The second kappa shape index (κ2) is 3.33. The molecule has 2 N–H and O–H groups in total. The van der Waals surface area contributed by atoms with E-state index >= 15 is 0 Å². The van der Waals surface area contributed by atoms with Crippen LogP contribution in [0.25, 0.3) is 0 Å². The van der Waals surface area contributed by atoms with Gasteiger partial charge in [-0.1, -0.05) is 22.0 Å². The summed E-state index contributed by atoms with van der Waals surface area (Å²) in [5, 5.41) is 10.5. The van der Waals surface area contributed by atoms with Crippen LogP contribution in [-0.2, 0) is 0 Å². The van der Waals surface area contributed by atoms with E-state index in [1.165, 1.54) is 12.1 Å². The zero-order chi connectivity index (χ0) is 10.3. The third-order valence-electron chi connectivity index (χ3n) is 2.43. The summed E-state index contributed by atoms with van der Waals surface area (Å²) in [6.07, 6.45) is 0.969. The first-order chi connectivity index (χ1) is 6.59. The van der Waals surface area contributed by atoms with E-state index in [-0.39, 0.29) is 11.7 Å². The van der Waals surface area contributed by atoms with Crippen molar-refractivity contribution in [2.45, 2.75) is 18.4 Å². The molecule has 1 aliphatic carbocycles. The van der Waals surface area contributed by atoms with Crippen LogP contribution in [0.5, 0.6) is 0 Å². The van der Waals surface area contributed by atoms with E-state index in [0.717, 1.165) is 16.5 Å². The van der Waals surface area contributed by atoms with E-state index in [1.54, 1.807) is 6.07 Å². The van der Waals surface area contributed by atoms with Crippen LogP contribution < -0.4 is 5.73 Å². The van der Waals surface area contributed by atoms with Crippen molar-refractivity contribution in [3.63, 3.8) is 0 Å². The van der Waals surface area contributed by atoms with E-state index in [0.29, 0.717) is 5.92 Å². The normalized spacial score (nSPS) is 24.7. The van der Waals surface area contributed by atoms with Crippen LogP contribution in [0.3, 0.4) is 0 Å². The smallest absolute Gasteiger partial charge is 0.270 e. The number of hydrogen-bond acceptors (Lipinski definition) is 3. The molecule has 4 nitrogen and oxygen atoms in total. The summed E-state index contributed by atoms with van der Waals surface area (Å²) >= 11 is 3.32. The van der Waals surface area contributed by atoms with Crippen molar-refractivity contribution < 1.29 is 4.92 Å². The maximum Gasteiger partial charge on any atom is 0.270 e. The largest absolute Gasteiger partial charge is 0.327 e. The highest BCUT2D eigenvalue weighted by molar-refractivity contribution is 9.10. The first-order valence-electron chi connectivity index (χ1n) is 4.29. The summed E-state index contributed by atoms with van der Waals surface area (Å²) in [4.78, 5) is 10.1. The SMILES string of the molecule is NC1CC1c1ccc([N+](=O)[O-])cc1Br. The molecule has 1 aliphatic rings. The maximum absolute atomic E-state index is 10.5. The van der Waals surface area contributed by atoms with Gasteiger partial charge in [-0.05, 0) is 12.0 Å². The third-order valence-corrected chi connectivity index (χ3v) is 3.12. The van der Waals surface area contributed by atoms with Crippen LogP contribution in [0.4, 0.5) is 5.69 Å². The molecule has 0 amide bonds. The van der Waals surface area contributed by atoms with Crippen molar-refractivity contribution in [2.24, 2.45) is 5.73 Å². The van der Waals surface area contributed by atoms with Gasteiger partial charge in [0.2, 0.25) is 0 Å². The summed E-state index contributed by atoms with van der Waals surface area (Å²) in [5.74, 6) is 0.366. The molecular weight excluding hydrogens is 248 g/mol. The minimum Gasteiger partial charge on any atom is -0.327 e. The quantitative estimate of drug-likeness (QED) is 0.652. The van der Waals surface area contributed by atoms with Crippen molar-refractivity contribution in [2.75, 3.05) is 0 Å². The highest BCUT2D eigenvalue weighted by atomic mass is 79.9. The monoisotopic (exact) mass is 256 g/mol. The first kappa shape index (κ1) is 9.61. The number of rotatable bonds is 2. The van der Waals surface area contributed by atoms with Crippen LogP contribution in [0.2, 0.25) is 0 Å². The Hall–Kier alpha value is -0.940. The second-order valence-electron chi connectivity index (χ2n) is 3.47. The Labute approximate surface area is 89.4 Å². The molecule has 0 saturated heterocycles. The lowest BCUT2D eigenvalue weighted by molar-refractivity contribution is -0.384. The highest BCUT2D eigenvalue weighted by Crippen LogP contribution is 2.43. The van der Waals surface area contributed by atoms with Crippen molar-refractivity contribution in [1.82, 2.24) is 0 Å². The lowest BCUT2D eigenvalue weighted by Gasteiger charge is -2.01. The van der Waals surface area contributed by atoms with Crippen molar-refractivity contribution in [1.29, 1.82) is 0 Å². The topological polar surface area (TPSA) is 69.2 Å². The Morgan fingerprint density at radius 2 is 2.21 bits per heavy atom. The molecule has 14 heavy (non-hydrogen) atoms. The fourth-order valence-electron chi connectivity index (χ4n) is 1.50. The van der Waals surface area contributed by atoms with Crippen molar-refractivity contribution in [3.05, 3.63) is 38.3 Å². The first-order valence-corrected chi connectivity index (χ1v) is 5.08. The summed E-state index contributed by atoms with van der Waals surface area (Å²) in [5.41, 5.74) is 6.89. The number of nitrogens with zero attached hydrogens (tertiary/aromatic N) is 1. The minimum atomic E-state index is -0.401. The number of halogens is 1. The van der Waals surface area contributed by atoms with Crippen molar-refractivity contribution >= 4 is 21.6 Å². The Balaban J connectivity index is 2.32. The average Bonchev–Trinajstić information content (AvgIpc) is 2.82. The summed E-state index contributed by atoms with van der Waals surface area (Å²) in [6, 6.07) is 5.04. The van der Waals surface area contributed by atoms with Gasteiger partial charge in [-0.3, -0.25) is 10.1 Å². The third kappa shape index (κ3) is 1.65. The van der Waals surface area contributed by atoms with Gasteiger partial charge in [-0.15, -0.1) is 0 Å². The molecule has 1 aromatic carbocycles. The fourth-order valence-corrected chi connectivity index (χ4v) is 2.16. The highest BCUT2D eigenvalue weighted by Gasteiger charge is 2.36. The number of hydrogen-bond donors (Lipinski definition) is 1. The summed E-state index contributed by atoms with van der Waals surface area (Å²) in [7, 11) is 0. The molecule has 0 radical (unpaired) electrons. The zero-order valence-corrected chi connectivity index (χ0v) is 8.90. The van der Waals surface area contributed by atoms with Crippen molar-refractivity contribution in [3.8, 4) is 0 Å². The molecule has 0 aromatic heterocycles. The van der Waals surface area contributed by atoms with Gasteiger partial charge in [0, 0.05) is 28.6 Å². The molecule has 5 heteroatoms. The molecule has 1 aromatic rings. The van der Waals surface area contributed by atoms with Crippen LogP contribution in [0.1, 0.15) is 17.9 Å². The van der Waals surface area contributed by atoms with Gasteiger partial charge in [-0.2, -0.15) is 0 Å². The molecule has 1 saturated carbocycles. The van der Waals surface area contributed by atoms with Gasteiger partial charge < -0.3 is 5.73 Å². The van der Waals surface area contributed by atoms with Gasteiger partial charge in [0.05, 0.1) is 4.92 Å². The number of nitrogens with two attached hydrogens (primary N) is 1. The van der Waals surface area contributed by atoms with Gasteiger partial charge >= 0.3 is 0 Å². The Kier molecular flexibility index (Phi) is 2.28. The van der Waals surface area contributed by atoms with Gasteiger partial charge in [-0.25, -0.2) is 0 Å². The number of nitro groups is 1. The molecule has 2 atom stereocenters. The molecule has 2 unspecified atom stereocenters. The van der Waals surface area contributed by atoms with Gasteiger partial charge in [0.15, 0.2) is 0 Å². The molecule has 1 fully saturated rings. The van der Waals surface area contributed by atoms with E-state index in [1.807, 2.05) is 0 Å². The number of benzene rings is 1. The molecule has 0 aliphatic heterocycles. The number of nitro benzene ring substituents is 1. The number of non-ortho nitro benzene ring substituents is 1. The Bertz CT molecular complexity index is 394. The molecule has 0 heterocycles. The second-order valence-corrected chi connectivity index (χ2v) is 4.32. The zero-order valence-electron chi connectivity index (χ0n) is 7.31. The van der Waals surface area contributed by atoms with Gasteiger partial charge in [0.1, 0.15) is 0 Å². The lowest BCUT2D eigenvalue weighted by atomic mass is 10.1. The molecule has 0 bridgehead atoms. The standard InChI is InChI=1S/C9H9BrN2O2/c10-8-3-5(12(13)14)1-2-6(8)7-4-9(7)11/h1-3,7,9H,4,11H2. The van der Waals surface area contributed by atoms with E-state index < -0.39 is 4.92 Å². The Morgan fingerprint density at radius 1 is 1.57 bits per heavy atom. The predicted molar refractivity (Wildman–Crippen MR) is 56.1 cm³/mol. The van der Waals surface area contributed by atoms with Crippen LogP contribution in [0, 0.1) is 10.1 Å². The summed E-state index contributed by atoms with van der Waals surface area (Å²) in [6.45, 7) is 0. The maximum atomic E-state index is 10.5. The summed E-state index contributed by atoms with van der Waals surface area (Å²) < 4.78 is 0.782. The molecule has 0 spiro atoms. The van der Waals surface area contributed by atoms with Gasteiger partial charge in [0.25, 0.3) is 5.69 Å². The van der Waals surface area contributed by atoms with Crippen LogP contribution in [0.15, 0.2) is 22.7 Å². The lowest BCUT2D eigenvalue weighted by Crippen LogP contribution is -2.01. The Morgan fingerprint density at radius 3 is 2.64 bits per heavy atom. The van der Waals surface area contributed by atoms with Crippen LogP contribution >= 0.6 is 15.9 Å². The molecule has 2 rings (SSSR count). The average molecular weight is 257 g/mol. The van der Waals surface area contributed by atoms with E-state index in [9.17, 15) is 10.1 Å². The predicted octanol–water partition coefficient (Wildman–Crippen LogP) is 2.17. The van der Waals surface area contributed by atoms with Crippen LogP contribution in [-0.4, -0.2) is 11.0 Å². The minimum absolute atomic E-state index is 0.106. The van der Waals surface area contributed by atoms with E-state index in [4.69, 9.17) is 5.73 Å². The molecular formula is C9H9BrN2O2. The fraction of sp³-hybridized carbons (Fsp3) is 0.333.